The van der Waals surface area contributed by atoms with Gasteiger partial charge in [-0.2, -0.15) is 5.10 Å². The Morgan fingerprint density at radius 1 is 1.42 bits per heavy atom. The molecule has 1 aromatic heterocycles. The van der Waals surface area contributed by atoms with Gasteiger partial charge in [0.2, 0.25) is 0 Å². The first-order valence-corrected chi connectivity index (χ1v) is 6.87. The fraction of sp³-hybridized carbons (Fsp3) is 0.692. The number of carbonyl (C=O) groups is 1. The number of likely N-dealkylation sites (N-methyl/N-ethyl adjacent to an activating group) is 1. The summed E-state index contributed by atoms with van der Waals surface area (Å²) in [5.74, 6) is 0.451. The molecule has 1 amide bonds. The maximum absolute atomic E-state index is 12.4. The molecule has 0 spiro atoms. The van der Waals surface area contributed by atoms with E-state index in [4.69, 9.17) is 5.73 Å². The lowest BCUT2D eigenvalue weighted by atomic mass is 10.2. The molecule has 1 aromatic rings. The second-order valence-electron chi connectivity index (χ2n) is 5.83. The smallest absolute Gasteiger partial charge is 0.276 e. The van der Waals surface area contributed by atoms with Gasteiger partial charge in [-0.3, -0.25) is 9.89 Å². The first kappa shape index (κ1) is 12.5. The van der Waals surface area contributed by atoms with E-state index in [-0.39, 0.29) is 5.91 Å². The Bertz CT molecular complexity index is 491. The number of nitrogens with one attached hydrogen (secondary N) is 1. The molecule has 3 N–H and O–H groups in total. The molecular weight excluding hydrogens is 242 g/mol. The second kappa shape index (κ2) is 4.52. The number of aromatic nitrogens is 2. The average Bonchev–Trinajstić information content (AvgIpc) is 2.96. The van der Waals surface area contributed by atoms with E-state index in [9.17, 15) is 4.79 Å². The number of hydrogen-bond acceptors (Lipinski definition) is 4. The second-order valence-corrected chi connectivity index (χ2v) is 5.83. The zero-order valence-electron chi connectivity index (χ0n) is 11.5. The predicted octanol–water partition coefficient (Wildman–Crippen LogP) is 0.645. The summed E-state index contributed by atoms with van der Waals surface area (Å²) >= 11 is 0. The van der Waals surface area contributed by atoms with Crippen LogP contribution in [0.4, 0.5) is 5.69 Å². The van der Waals surface area contributed by atoms with Gasteiger partial charge in [-0.15, -0.1) is 0 Å². The van der Waals surface area contributed by atoms with E-state index in [0.717, 1.165) is 38.0 Å². The Morgan fingerprint density at radius 3 is 2.74 bits per heavy atom. The summed E-state index contributed by atoms with van der Waals surface area (Å²) in [7, 11) is 4.10. The van der Waals surface area contributed by atoms with Crippen LogP contribution in [0.1, 0.15) is 41.4 Å². The van der Waals surface area contributed by atoms with Gasteiger partial charge in [-0.25, -0.2) is 0 Å². The number of anilines is 1. The monoisotopic (exact) mass is 263 g/mol. The highest BCUT2D eigenvalue weighted by atomic mass is 16.2. The Hall–Kier alpha value is -1.56. The Morgan fingerprint density at radius 2 is 2.16 bits per heavy atom. The van der Waals surface area contributed by atoms with Crippen LogP contribution in [0.3, 0.4) is 0 Å². The molecule has 2 aliphatic rings. The molecule has 6 nitrogen and oxygen atoms in total. The van der Waals surface area contributed by atoms with Gasteiger partial charge < -0.3 is 15.5 Å². The van der Waals surface area contributed by atoms with Crippen LogP contribution in [-0.4, -0.2) is 59.1 Å². The van der Waals surface area contributed by atoms with Gasteiger partial charge in [0.1, 0.15) is 0 Å². The van der Waals surface area contributed by atoms with Crippen LogP contribution < -0.4 is 5.73 Å². The maximum atomic E-state index is 12.4. The summed E-state index contributed by atoms with van der Waals surface area (Å²) in [6, 6.07) is 0.437. The van der Waals surface area contributed by atoms with Crippen LogP contribution in [0.5, 0.6) is 0 Å². The van der Waals surface area contributed by atoms with Crippen molar-refractivity contribution in [2.75, 3.05) is 32.9 Å². The normalized spacial score (nSPS) is 23.3. The van der Waals surface area contributed by atoms with Gasteiger partial charge in [-0.05, 0) is 33.4 Å². The molecule has 1 unspecified atom stereocenters. The average molecular weight is 263 g/mol. The highest BCUT2D eigenvalue weighted by Crippen LogP contribution is 2.42. The molecule has 0 radical (unpaired) electrons. The van der Waals surface area contributed by atoms with Gasteiger partial charge in [0.05, 0.1) is 11.4 Å². The Balaban J connectivity index is 1.74. The van der Waals surface area contributed by atoms with Crippen molar-refractivity contribution < 1.29 is 4.79 Å². The number of rotatable bonds is 3. The molecule has 1 saturated heterocycles. The first-order valence-electron chi connectivity index (χ1n) is 6.87. The lowest BCUT2D eigenvalue weighted by Crippen LogP contribution is -2.34. The van der Waals surface area contributed by atoms with Crippen molar-refractivity contribution >= 4 is 11.6 Å². The minimum atomic E-state index is -0.0370. The van der Waals surface area contributed by atoms with Crippen molar-refractivity contribution in [3.63, 3.8) is 0 Å². The first-order chi connectivity index (χ1) is 9.08. The fourth-order valence-electron chi connectivity index (χ4n) is 2.71. The third-order valence-electron chi connectivity index (χ3n) is 4.20. The minimum Gasteiger partial charge on any atom is -0.395 e. The van der Waals surface area contributed by atoms with Gasteiger partial charge in [0.25, 0.3) is 5.91 Å². The van der Waals surface area contributed by atoms with E-state index in [1.165, 1.54) is 0 Å². The third-order valence-corrected chi connectivity index (χ3v) is 4.20. The SMILES string of the molecule is CN(C)C1CCN(C(=O)c2n[nH]c(C3CC3)c2N)C1. The highest BCUT2D eigenvalue weighted by molar-refractivity contribution is 5.98. The van der Waals surface area contributed by atoms with Crippen molar-refractivity contribution in [3.05, 3.63) is 11.4 Å². The third kappa shape index (κ3) is 2.20. The number of aromatic amines is 1. The Labute approximate surface area is 112 Å². The summed E-state index contributed by atoms with van der Waals surface area (Å²) in [5.41, 5.74) is 7.97. The lowest BCUT2D eigenvalue weighted by molar-refractivity contribution is 0.0778. The zero-order valence-corrected chi connectivity index (χ0v) is 11.5. The summed E-state index contributed by atoms with van der Waals surface area (Å²) in [6.45, 7) is 1.55. The van der Waals surface area contributed by atoms with Crippen molar-refractivity contribution in [2.24, 2.45) is 0 Å². The number of nitrogens with zero attached hydrogens (tertiary/aromatic N) is 3. The van der Waals surface area contributed by atoms with E-state index in [0.29, 0.717) is 23.3 Å². The molecule has 0 bridgehead atoms. The Kier molecular flexibility index (Phi) is 2.97. The number of amides is 1. The van der Waals surface area contributed by atoms with E-state index in [1.54, 1.807) is 0 Å². The van der Waals surface area contributed by atoms with Crippen LogP contribution in [0.2, 0.25) is 0 Å². The molecule has 1 atom stereocenters. The molecular formula is C13H21N5O. The predicted molar refractivity (Wildman–Crippen MR) is 73.0 cm³/mol. The van der Waals surface area contributed by atoms with Crippen LogP contribution in [0.15, 0.2) is 0 Å². The molecule has 1 saturated carbocycles. The summed E-state index contributed by atoms with van der Waals surface area (Å²) in [6.07, 6.45) is 3.30. The number of likely N-dealkylation sites (tertiary alicyclic amines) is 1. The molecule has 3 rings (SSSR count). The van der Waals surface area contributed by atoms with Gasteiger partial charge in [0, 0.05) is 25.0 Å². The highest BCUT2D eigenvalue weighted by Gasteiger charge is 2.34. The summed E-state index contributed by atoms with van der Waals surface area (Å²) in [5, 5.41) is 7.08. The molecule has 2 heterocycles. The van der Waals surface area contributed by atoms with Gasteiger partial charge in [0.15, 0.2) is 5.69 Å². The van der Waals surface area contributed by atoms with Crippen molar-refractivity contribution in [2.45, 2.75) is 31.2 Å². The van der Waals surface area contributed by atoms with Crippen LogP contribution >= 0.6 is 0 Å². The minimum absolute atomic E-state index is 0.0370. The molecule has 19 heavy (non-hydrogen) atoms. The molecule has 1 aliphatic heterocycles. The maximum Gasteiger partial charge on any atom is 0.276 e. The van der Waals surface area contributed by atoms with E-state index >= 15 is 0 Å². The van der Waals surface area contributed by atoms with Crippen LogP contribution in [0.25, 0.3) is 0 Å². The van der Waals surface area contributed by atoms with E-state index in [1.807, 2.05) is 19.0 Å². The van der Waals surface area contributed by atoms with E-state index < -0.39 is 0 Å². The quantitative estimate of drug-likeness (QED) is 0.839. The molecule has 6 heteroatoms. The molecule has 1 aliphatic carbocycles. The topological polar surface area (TPSA) is 78.2 Å². The molecule has 104 valence electrons. The van der Waals surface area contributed by atoms with Crippen molar-refractivity contribution in [3.8, 4) is 0 Å². The number of hydrogen-bond donors (Lipinski definition) is 2. The zero-order chi connectivity index (χ0) is 13.6. The van der Waals surface area contributed by atoms with E-state index in [2.05, 4.69) is 15.1 Å². The fourth-order valence-corrected chi connectivity index (χ4v) is 2.71. The largest absolute Gasteiger partial charge is 0.395 e. The number of nitrogens with two attached hydrogens (primary N) is 1. The van der Waals surface area contributed by atoms with Crippen LogP contribution in [-0.2, 0) is 0 Å². The number of H-pyrrole nitrogens is 1. The number of nitrogen functional groups attached to an aromatic ring is 1. The van der Waals surface area contributed by atoms with Gasteiger partial charge >= 0.3 is 0 Å². The summed E-state index contributed by atoms with van der Waals surface area (Å²) in [4.78, 5) is 16.5. The van der Waals surface area contributed by atoms with Crippen LogP contribution in [0, 0.1) is 0 Å². The van der Waals surface area contributed by atoms with Crippen molar-refractivity contribution in [1.29, 1.82) is 0 Å². The lowest BCUT2D eigenvalue weighted by Gasteiger charge is -2.20. The standard InChI is InChI=1S/C13H21N5O/c1-17(2)9-5-6-18(7-9)13(19)12-10(14)11(15-16-12)8-3-4-8/h8-9H,3-7,14H2,1-2H3,(H,15,16). The molecule has 0 aromatic carbocycles. The molecule has 2 fully saturated rings. The van der Waals surface area contributed by atoms with Gasteiger partial charge in [-0.1, -0.05) is 0 Å². The summed E-state index contributed by atoms with van der Waals surface area (Å²) < 4.78 is 0. The van der Waals surface area contributed by atoms with Crippen molar-refractivity contribution in [1.82, 2.24) is 20.0 Å². The number of carbonyl (C=O) groups excluding carboxylic acids is 1.